The van der Waals surface area contributed by atoms with E-state index in [9.17, 15) is 4.39 Å². The largest absolute Gasteiger partial charge is 0.337 e. The van der Waals surface area contributed by atoms with Gasteiger partial charge in [0.05, 0.1) is 11.6 Å². The normalized spacial score (nSPS) is 21.9. The standard InChI is InChI=1S/C15H18FN3O/c1-15(2)8-5-9-17-12(15)14-18-13(19-20-14)10-6-3-4-7-11(10)16/h3-4,6-7,12,17H,5,8-9H2,1-2H3. The van der Waals surface area contributed by atoms with E-state index >= 15 is 0 Å². The van der Waals surface area contributed by atoms with E-state index in [1.807, 2.05) is 0 Å². The van der Waals surface area contributed by atoms with Gasteiger partial charge in [0.15, 0.2) is 0 Å². The highest BCUT2D eigenvalue weighted by Crippen LogP contribution is 2.39. The zero-order chi connectivity index (χ0) is 14.2. The molecular formula is C15H18FN3O. The molecule has 106 valence electrons. The fraction of sp³-hybridized carbons (Fsp3) is 0.467. The molecular weight excluding hydrogens is 257 g/mol. The molecule has 1 saturated heterocycles. The molecule has 5 heteroatoms. The summed E-state index contributed by atoms with van der Waals surface area (Å²) in [6, 6.07) is 6.48. The van der Waals surface area contributed by atoms with Crippen LogP contribution in [-0.2, 0) is 0 Å². The summed E-state index contributed by atoms with van der Waals surface area (Å²) in [5.41, 5.74) is 0.424. The molecule has 1 aromatic carbocycles. The summed E-state index contributed by atoms with van der Waals surface area (Å²) in [6.07, 6.45) is 2.24. The van der Waals surface area contributed by atoms with E-state index in [2.05, 4.69) is 29.3 Å². The van der Waals surface area contributed by atoms with Gasteiger partial charge in [-0.1, -0.05) is 31.1 Å². The second-order valence-corrected chi connectivity index (χ2v) is 5.92. The van der Waals surface area contributed by atoms with Crippen molar-refractivity contribution in [1.82, 2.24) is 15.5 Å². The summed E-state index contributed by atoms with van der Waals surface area (Å²) < 4.78 is 19.1. The molecule has 2 heterocycles. The predicted molar refractivity (Wildman–Crippen MR) is 73.5 cm³/mol. The molecule has 20 heavy (non-hydrogen) atoms. The molecule has 1 aromatic heterocycles. The van der Waals surface area contributed by atoms with E-state index in [0.717, 1.165) is 19.4 Å². The van der Waals surface area contributed by atoms with Gasteiger partial charge in [0.2, 0.25) is 11.7 Å². The number of halogens is 1. The van der Waals surface area contributed by atoms with Crippen LogP contribution in [0.15, 0.2) is 28.8 Å². The maximum Gasteiger partial charge on any atom is 0.244 e. The van der Waals surface area contributed by atoms with Crippen LogP contribution in [0.5, 0.6) is 0 Å². The highest BCUT2D eigenvalue weighted by atomic mass is 19.1. The number of benzene rings is 1. The molecule has 1 fully saturated rings. The molecule has 4 nitrogen and oxygen atoms in total. The third-order valence-electron chi connectivity index (χ3n) is 3.93. The number of piperidine rings is 1. The van der Waals surface area contributed by atoms with Gasteiger partial charge in [-0.2, -0.15) is 4.98 Å². The number of aromatic nitrogens is 2. The van der Waals surface area contributed by atoms with Gasteiger partial charge < -0.3 is 9.84 Å². The summed E-state index contributed by atoms with van der Waals surface area (Å²) in [5, 5.41) is 7.34. The fourth-order valence-corrected chi connectivity index (χ4v) is 2.74. The molecule has 0 saturated carbocycles. The van der Waals surface area contributed by atoms with Crippen molar-refractivity contribution in [3.05, 3.63) is 36.0 Å². The van der Waals surface area contributed by atoms with Gasteiger partial charge in [-0.3, -0.25) is 0 Å². The monoisotopic (exact) mass is 275 g/mol. The summed E-state index contributed by atoms with van der Waals surface area (Å²) in [4.78, 5) is 4.38. The molecule has 0 aliphatic carbocycles. The van der Waals surface area contributed by atoms with E-state index in [1.54, 1.807) is 18.2 Å². The number of hydrogen-bond acceptors (Lipinski definition) is 4. The highest BCUT2D eigenvalue weighted by molar-refractivity contribution is 5.54. The molecule has 1 unspecified atom stereocenters. The first-order valence-corrected chi connectivity index (χ1v) is 6.90. The van der Waals surface area contributed by atoms with Crippen molar-refractivity contribution in [1.29, 1.82) is 0 Å². The van der Waals surface area contributed by atoms with Crippen LogP contribution in [0.1, 0.15) is 38.6 Å². The summed E-state index contributed by atoms with van der Waals surface area (Å²) in [6.45, 7) is 5.29. The molecule has 1 aliphatic rings. The number of hydrogen-bond donors (Lipinski definition) is 1. The third-order valence-corrected chi connectivity index (χ3v) is 3.93. The van der Waals surface area contributed by atoms with Gasteiger partial charge in [-0.05, 0) is 36.9 Å². The SMILES string of the molecule is CC1(C)CCCNC1c1nc(-c2ccccc2F)no1. The Morgan fingerprint density at radius 1 is 1.35 bits per heavy atom. The highest BCUT2D eigenvalue weighted by Gasteiger charge is 2.37. The Morgan fingerprint density at radius 3 is 2.90 bits per heavy atom. The predicted octanol–water partition coefficient (Wildman–Crippen LogP) is 3.33. The Labute approximate surface area is 117 Å². The zero-order valence-corrected chi connectivity index (χ0v) is 11.7. The molecule has 0 radical (unpaired) electrons. The van der Waals surface area contributed by atoms with Crippen molar-refractivity contribution < 1.29 is 8.91 Å². The van der Waals surface area contributed by atoms with Crippen molar-refractivity contribution in [2.75, 3.05) is 6.54 Å². The Bertz CT molecular complexity index is 609. The maximum absolute atomic E-state index is 13.7. The fourth-order valence-electron chi connectivity index (χ4n) is 2.74. The van der Waals surface area contributed by atoms with Crippen LogP contribution >= 0.6 is 0 Å². The first kappa shape index (κ1) is 13.2. The van der Waals surface area contributed by atoms with E-state index in [4.69, 9.17) is 4.52 Å². The van der Waals surface area contributed by atoms with Gasteiger partial charge >= 0.3 is 0 Å². The topological polar surface area (TPSA) is 51.0 Å². The Balaban J connectivity index is 1.92. The van der Waals surface area contributed by atoms with Gasteiger partial charge in [0.25, 0.3) is 0 Å². The smallest absolute Gasteiger partial charge is 0.244 e. The van der Waals surface area contributed by atoms with Gasteiger partial charge in [0, 0.05) is 0 Å². The Hall–Kier alpha value is -1.75. The van der Waals surface area contributed by atoms with E-state index < -0.39 is 0 Å². The van der Waals surface area contributed by atoms with Crippen molar-refractivity contribution in [2.24, 2.45) is 5.41 Å². The van der Waals surface area contributed by atoms with E-state index in [0.29, 0.717) is 17.3 Å². The van der Waals surface area contributed by atoms with Crippen molar-refractivity contribution in [2.45, 2.75) is 32.7 Å². The molecule has 3 rings (SSSR count). The summed E-state index contributed by atoms with van der Waals surface area (Å²) >= 11 is 0. The van der Waals surface area contributed by atoms with Crippen LogP contribution in [0.25, 0.3) is 11.4 Å². The van der Waals surface area contributed by atoms with Gasteiger partial charge in [-0.15, -0.1) is 0 Å². The number of nitrogens with one attached hydrogen (secondary N) is 1. The lowest BCUT2D eigenvalue weighted by Gasteiger charge is -2.36. The van der Waals surface area contributed by atoms with Crippen molar-refractivity contribution in [3.63, 3.8) is 0 Å². The number of rotatable bonds is 2. The van der Waals surface area contributed by atoms with E-state index in [-0.39, 0.29) is 17.3 Å². The van der Waals surface area contributed by atoms with Crippen molar-refractivity contribution in [3.8, 4) is 11.4 Å². The van der Waals surface area contributed by atoms with Crippen LogP contribution in [-0.4, -0.2) is 16.7 Å². The average molecular weight is 275 g/mol. The first-order chi connectivity index (χ1) is 9.58. The van der Waals surface area contributed by atoms with Crippen LogP contribution in [0.4, 0.5) is 4.39 Å². The molecule has 0 bridgehead atoms. The zero-order valence-electron chi connectivity index (χ0n) is 11.7. The summed E-state index contributed by atoms with van der Waals surface area (Å²) in [7, 11) is 0. The molecule has 1 atom stereocenters. The molecule has 0 spiro atoms. The lowest BCUT2D eigenvalue weighted by atomic mass is 9.77. The molecule has 2 aromatic rings. The first-order valence-electron chi connectivity index (χ1n) is 6.90. The lowest BCUT2D eigenvalue weighted by Crippen LogP contribution is -2.39. The van der Waals surface area contributed by atoms with Crippen molar-refractivity contribution >= 4 is 0 Å². The minimum atomic E-state index is -0.337. The average Bonchev–Trinajstić information content (AvgIpc) is 2.88. The maximum atomic E-state index is 13.7. The molecule has 0 amide bonds. The minimum Gasteiger partial charge on any atom is -0.337 e. The van der Waals surface area contributed by atoms with Gasteiger partial charge in [-0.25, -0.2) is 4.39 Å². The van der Waals surface area contributed by atoms with E-state index in [1.165, 1.54) is 6.07 Å². The van der Waals surface area contributed by atoms with Gasteiger partial charge in [0.1, 0.15) is 5.82 Å². The number of nitrogens with zero attached hydrogens (tertiary/aromatic N) is 2. The minimum absolute atomic E-state index is 0.0178. The van der Waals surface area contributed by atoms with Crippen LogP contribution in [0.2, 0.25) is 0 Å². The van der Waals surface area contributed by atoms with Crippen LogP contribution in [0.3, 0.4) is 0 Å². The second-order valence-electron chi connectivity index (χ2n) is 5.92. The molecule has 1 N–H and O–H groups in total. The quantitative estimate of drug-likeness (QED) is 0.913. The lowest BCUT2D eigenvalue weighted by molar-refractivity contribution is 0.146. The summed E-state index contributed by atoms with van der Waals surface area (Å²) in [5.74, 6) is 0.505. The Kier molecular flexibility index (Phi) is 3.30. The third kappa shape index (κ3) is 2.33. The van der Waals surface area contributed by atoms with Crippen LogP contribution < -0.4 is 5.32 Å². The molecule has 1 aliphatic heterocycles. The van der Waals surface area contributed by atoms with Crippen LogP contribution in [0, 0.1) is 11.2 Å². The second kappa shape index (κ2) is 4.98. The Morgan fingerprint density at radius 2 is 2.15 bits per heavy atom.